The topological polar surface area (TPSA) is 88.2 Å². The van der Waals surface area contributed by atoms with E-state index in [1.807, 2.05) is 6.07 Å². The van der Waals surface area contributed by atoms with Crippen molar-refractivity contribution in [1.82, 2.24) is 4.68 Å². The molecule has 0 spiro atoms. The zero-order valence-electron chi connectivity index (χ0n) is 17.4. The first kappa shape index (κ1) is 21.5. The van der Waals surface area contributed by atoms with Crippen LogP contribution in [0.25, 0.3) is 11.3 Å². The van der Waals surface area contributed by atoms with Gasteiger partial charge in [-0.3, -0.25) is 4.79 Å². The molecule has 170 valence electrons. The molecule has 1 amide bonds. The smallest absolute Gasteiger partial charge is 0.262 e. The van der Waals surface area contributed by atoms with Crippen LogP contribution in [0.3, 0.4) is 0 Å². The number of rotatable bonds is 4. The maximum atomic E-state index is 14.3. The SMILES string of the molecule is O=C1COc2ccc(-c3csc(=Nc4ccc(F)cc4F)n3N=Cc3ccc(O)cc3)cc2N1. The van der Waals surface area contributed by atoms with E-state index in [2.05, 4.69) is 15.4 Å². The Morgan fingerprint density at radius 3 is 2.71 bits per heavy atom. The molecule has 0 saturated heterocycles. The predicted molar refractivity (Wildman–Crippen MR) is 125 cm³/mol. The van der Waals surface area contributed by atoms with Gasteiger partial charge in [0, 0.05) is 17.0 Å². The van der Waals surface area contributed by atoms with Crippen LogP contribution in [0.2, 0.25) is 0 Å². The van der Waals surface area contributed by atoms with Crippen LogP contribution in [-0.2, 0) is 4.79 Å². The van der Waals surface area contributed by atoms with Crippen LogP contribution in [0, 0.1) is 11.6 Å². The maximum Gasteiger partial charge on any atom is 0.262 e. The summed E-state index contributed by atoms with van der Waals surface area (Å²) in [6.07, 6.45) is 1.57. The molecule has 4 aromatic rings. The average Bonchev–Trinajstić information content (AvgIpc) is 3.22. The van der Waals surface area contributed by atoms with Gasteiger partial charge in [0.05, 0.1) is 17.6 Å². The van der Waals surface area contributed by atoms with E-state index in [4.69, 9.17) is 4.74 Å². The second-order valence-corrected chi connectivity index (χ2v) is 8.14. The fourth-order valence-corrected chi connectivity index (χ4v) is 4.14. The second-order valence-electron chi connectivity index (χ2n) is 7.31. The van der Waals surface area contributed by atoms with Gasteiger partial charge in [-0.1, -0.05) is 0 Å². The molecule has 2 N–H and O–H groups in total. The van der Waals surface area contributed by atoms with Crippen molar-refractivity contribution in [2.45, 2.75) is 0 Å². The van der Waals surface area contributed by atoms with Gasteiger partial charge in [-0.2, -0.15) is 5.10 Å². The summed E-state index contributed by atoms with van der Waals surface area (Å²) < 4.78 is 34.5. The number of benzene rings is 3. The molecule has 10 heteroatoms. The minimum absolute atomic E-state index is 0.0329. The number of phenols is 1. The highest BCUT2D eigenvalue weighted by Crippen LogP contribution is 2.33. The first-order valence-electron chi connectivity index (χ1n) is 10.1. The monoisotopic (exact) mass is 478 g/mol. The lowest BCUT2D eigenvalue weighted by molar-refractivity contribution is -0.118. The number of ether oxygens (including phenoxy) is 1. The van der Waals surface area contributed by atoms with Gasteiger partial charge in [-0.05, 0) is 60.2 Å². The summed E-state index contributed by atoms with van der Waals surface area (Å²) in [6, 6.07) is 14.9. The van der Waals surface area contributed by atoms with E-state index < -0.39 is 11.6 Å². The molecule has 0 radical (unpaired) electrons. The molecule has 1 aliphatic heterocycles. The van der Waals surface area contributed by atoms with E-state index in [1.54, 1.807) is 35.9 Å². The quantitative estimate of drug-likeness (QED) is 0.419. The van der Waals surface area contributed by atoms with E-state index in [9.17, 15) is 18.7 Å². The lowest BCUT2D eigenvalue weighted by Crippen LogP contribution is -2.25. The highest BCUT2D eigenvalue weighted by Gasteiger charge is 2.18. The summed E-state index contributed by atoms with van der Waals surface area (Å²) in [6.45, 7) is -0.0476. The van der Waals surface area contributed by atoms with E-state index in [0.29, 0.717) is 33.1 Å². The molecule has 0 unspecified atom stereocenters. The van der Waals surface area contributed by atoms with Crippen LogP contribution in [0.1, 0.15) is 5.56 Å². The van der Waals surface area contributed by atoms with E-state index in [-0.39, 0.29) is 24.0 Å². The molecule has 1 aliphatic rings. The fourth-order valence-electron chi connectivity index (χ4n) is 3.29. The summed E-state index contributed by atoms with van der Waals surface area (Å²) in [7, 11) is 0. The van der Waals surface area contributed by atoms with Crippen LogP contribution in [-0.4, -0.2) is 28.5 Å². The number of hydrogen-bond donors (Lipinski definition) is 2. The number of nitrogens with one attached hydrogen (secondary N) is 1. The molecule has 0 aliphatic carbocycles. The molecular weight excluding hydrogens is 462 g/mol. The van der Waals surface area contributed by atoms with Crippen molar-refractivity contribution in [2.75, 3.05) is 11.9 Å². The van der Waals surface area contributed by atoms with Gasteiger partial charge in [0.25, 0.3) is 5.91 Å². The fraction of sp³-hybridized carbons (Fsp3) is 0.0417. The molecule has 34 heavy (non-hydrogen) atoms. The van der Waals surface area contributed by atoms with Crippen LogP contribution in [0.15, 0.2) is 76.1 Å². The number of thiazole rings is 1. The van der Waals surface area contributed by atoms with Gasteiger partial charge in [0.2, 0.25) is 4.80 Å². The van der Waals surface area contributed by atoms with Crippen molar-refractivity contribution < 1.29 is 23.4 Å². The second kappa shape index (κ2) is 8.91. The summed E-state index contributed by atoms with van der Waals surface area (Å²) in [5, 5.41) is 18.6. The zero-order valence-corrected chi connectivity index (χ0v) is 18.2. The van der Waals surface area contributed by atoms with Gasteiger partial charge >= 0.3 is 0 Å². The Bertz CT molecular complexity index is 1490. The first-order chi connectivity index (χ1) is 16.5. The molecule has 7 nitrogen and oxygen atoms in total. The Labute approximate surface area is 195 Å². The minimum atomic E-state index is -0.794. The van der Waals surface area contributed by atoms with E-state index >= 15 is 0 Å². The highest BCUT2D eigenvalue weighted by molar-refractivity contribution is 7.07. The van der Waals surface area contributed by atoms with E-state index in [1.165, 1.54) is 34.2 Å². The van der Waals surface area contributed by atoms with Crippen molar-refractivity contribution in [2.24, 2.45) is 10.1 Å². The van der Waals surface area contributed by atoms with Gasteiger partial charge in [-0.25, -0.2) is 18.4 Å². The number of hydrogen-bond acceptors (Lipinski definition) is 6. The maximum absolute atomic E-state index is 14.3. The molecular formula is C24H16F2N4O3S. The Morgan fingerprint density at radius 1 is 1.09 bits per heavy atom. The number of fused-ring (bicyclic) bond motifs is 1. The number of aromatic hydroxyl groups is 1. The average molecular weight is 478 g/mol. The molecule has 3 aromatic carbocycles. The van der Waals surface area contributed by atoms with Crippen molar-refractivity contribution >= 4 is 34.8 Å². The number of nitrogens with zero attached hydrogens (tertiary/aromatic N) is 3. The van der Waals surface area contributed by atoms with Crippen molar-refractivity contribution in [1.29, 1.82) is 0 Å². The van der Waals surface area contributed by atoms with Crippen LogP contribution in [0.4, 0.5) is 20.2 Å². The number of halogens is 2. The number of phenolic OH excluding ortho intramolecular Hbond substituents is 1. The van der Waals surface area contributed by atoms with Crippen molar-refractivity contribution in [3.05, 3.63) is 88.0 Å². The van der Waals surface area contributed by atoms with Gasteiger partial charge in [0.15, 0.2) is 12.4 Å². The molecule has 5 rings (SSSR count). The third kappa shape index (κ3) is 4.44. The summed E-state index contributed by atoms with van der Waals surface area (Å²) >= 11 is 1.22. The molecule has 0 bridgehead atoms. The Balaban J connectivity index is 1.63. The molecule has 2 heterocycles. The number of carbonyl (C=O) groups is 1. The van der Waals surface area contributed by atoms with Crippen LogP contribution < -0.4 is 14.9 Å². The summed E-state index contributed by atoms with van der Waals surface area (Å²) in [5.41, 5.74) is 2.55. The third-order valence-corrected chi connectivity index (χ3v) is 5.75. The molecule has 0 fully saturated rings. The molecule has 0 atom stereocenters. The lowest BCUT2D eigenvalue weighted by Gasteiger charge is -2.18. The van der Waals surface area contributed by atoms with Crippen molar-refractivity contribution in [3.63, 3.8) is 0 Å². The third-order valence-electron chi connectivity index (χ3n) is 4.93. The van der Waals surface area contributed by atoms with E-state index in [0.717, 1.165) is 12.1 Å². The summed E-state index contributed by atoms with van der Waals surface area (Å²) in [5.74, 6) is -1.06. The number of anilines is 1. The normalized spacial score (nSPS) is 13.6. The lowest BCUT2D eigenvalue weighted by atomic mass is 10.1. The van der Waals surface area contributed by atoms with Gasteiger partial charge in [0.1, 0.15) is 23.0 Å². The number of carbonyl (C=O) groups excluding carboxylic acids is 1. The van der Waals surface area contributed by atoms with Crippen LogP contribution in [0.5, 0.6) is 11.5 Å². The minimum Gasteiger partial charge on any atom is -0.508 e. The number of amides is 1. The van der Waals surface area contributed by atoms with Crippen LogP contribution >= 0.6 is 11.3 Å². The molecule has 0 saturated carbocycles. The van der Waals surface area contributed by atoms with Gasteiger partial charge < -0.3 is 15.2 Å². The Kier molecular flexibility index (Phi) is 5.64. The Hall–Kier alpha value is -4.31. The standard InChI is InChI=1S/C24H16F2N4O3S/c25-16-4-7-19(18(26)10-16)29-24-30(27-11-14-1-5-17(31)6-2-14)21(13-34-24)15-3-8-22-20(9-15)28-23(32)12-33-22/h1-11,13,31H,12H2,(H,28,32). The highest BCUT2D eigenvalue weighted by atomic mass is 32.1. The summed E-state index contributed by atoms with van der Waals surface area (Å²) in [4.78, 5) is 16.4. The largest absolute Gasteiger partial charge is 0.508 e. The zero-order chi connectivity index (χ0) is 23.7. The first-order valence-corrected chi connectivity index (χ1v) is 10.9. The molecule has 1 aromatic heterocycles. The number of aromatic nitrogens is 1. The van der Waals surface area contributed by atoms with Gasteiger partial charge in [-0.15, -0.1) is 11.3 Å². The predicted octanol–water partition coefficient (Wildman–Crippen LogP) is 4.65. The Morgan fingerprint density at radius 2 is 1.91 bits per heavy atom. The van der Waals surface area contributed by atoms with Crippen molar-refractivity contribution in [3.8, 4) is 22.8 Å².